The lowest BCUT2D eigenvalue weighted by atomic mass is 10.0. The quantitative estimate of drug-likeness (QED) is 0.300. The molecule has 0 aliphatic heterocycles. The molecule has 2 N–H and O–H groups in total. The van der Waals surface area contributed by atoms with Crippen LogP contribution < -0.4 is 0 Å². The summed E-state index contributed by atoms with van der Waals surface area (Å²) in [6.07, 6.45) is 7.27. The highest BCUT2D eigenvalue weighted by Gasteiger charge is 2.12. The molecule has 3 heteroatoms. The first-order valence-corrected chi connectivity index (χ1v) is 4.33. The second-order valence-corrected chi connectivity index (χ2v) is 3.65. The minimum atomic E-state index is -0.636. The standard InChI is InChI=1S/C10H18O3/c1-9(6-8-11)5-4-7-10(2,3)13-12/h4,6-9,11-12H,5H2,1-3H3/b7-4+,8-6+/t9-/m0/s1. The number of rotatable bonds is 5. The number of hydrogen-bond acceptors (Lipinski definition) is 3. The van der Waals surface area contributed by atoms with Crippen LogP contribution >= 0.6 is 0 Å². The molecule has 0 unspecified atom stereocenters. The van der Waals surface area contributed by atoms with E-state index in [1.165, 1.54) is 0 Å². The minimum absolute atomic E-state index is 0.288. The van der Waals surface area contributed by atoms with Crippen molar-refractivity contribution in [3.05, 3.63) is 24.5 Å². The summed E-state index contributed by atoms with van der Waals surface area (Å²) in [5, 5.41) is 16.9. The van der Waals surface area contributed by atoms with E-state index in [2.05, 4.69) is 4.89 Å². The van der Waals surface area contributed by atoms with Crippen molar-refractivity contribution < 1.29 is 15.3 Å². The van der Waals surface area contributed by atoms with E-state index < -0.39 is 5.60 Å². The molecule has 0 fully saturated rings. The molecule has 0 bridgehead atoms. The third kappa shape index (κ3) is 6.37. The second-order valence-electron chi connectivity index (χ2n) is 3.65. The fourth-order valence-corrected chi connectivity index (χ4v) is 0.822. The zero-order valence-corrected chi connectivity index (χ0v) is 8.40. The average molecular weight is 186 g/mol. The van der Waals surface area contributed by atoms with E-state index in [-0.39, 0.29) is 5.92 Å². The summed E-state index contributed by atoms with van der Waals surface area (Å²) in [7, 11) is 0. The van der Waals surface area contributed by atoms with Crippen molar-refractivity contribution in [2.45, 2.75) is 32.8 Å². The Morgan fingerprint density at radius 2 is 2.08 bits per heavy atom. The van der Waals surface area contributed by atoms with Gasteiger partial charge in [0.05, 0.1) is 6.26 Å². The molecule has 0 rings (SSSR count). The number of aliphatic hydroxyl groups excluding tert-OH is 1. The number of aliphatic hydroxyl groups is 1. The number of allylic oxidation sites excluding steroid dienone is 2. The van der Waals surface area contributed by atoms with E-state index in [1.807, 2.05) is 13.0 Å². The Hall–Kier alpha value is -0.800. The monoisotopic (exact) mass is 186 g/mol. The van der Waals surface area contributed by atoms with Gasteiger partial charge in [-0.2, -0.15) is 0 Å². The van der Waals surface area contributed by atoms with E-state index in [9.17, 15) is 0 Å². The van der Waals surface area contributed by atoms with Gasteiger partial charge in [-0.3, -0.25) is 5.26 Å². The summed E-state index contributed by atoms with van der Waals surface area (Å²) in [6.45, 7) is 5.51. The van der Waals surface area contributed by atoms with Crippen LogP contribution in [0.2, 0.25) is 0 Å². The van der Waals surface area contributed by atoms with Crippen LogP contribution in [0.5, 0.6) is 0 Å². The molecular weight excluding hydrogens is 168 g/mol. The van der Waals surface area contributed by atoms with E-state index in [4.69, 9.17) is 10.4 Å². The van der Waals surface area contributed by atoms with Gasteiger partial charge >= 0.3 is 0 Å². The molecule has 0 amide bonds. The smallest absolute Gasteiger partial charge is 0.116 e. The Morgan fingerprint density at radius 1 is 1.46 bits per heavy atom. The van der Waals surface area contributed by atoms with Gasteiger partial charge in [0.25, 0.3) is 0 Å². The summed E-state index contributed by atoms with van der Waals surface area (Å²) >= 11 is 0. The van der Waals surface area contributed by atoms with E-state index in [0.29, 0.717) is 0 Å². The van der Waals surface area contributed by atoms with E-state index >= 15 is 0 Å². The van der Waals surface area contributed by atoms with Gasteiger partial charge in [-0.15, -0.1) is 0 Å². The van der Waals surface area contributed by atoms with Gasteiger partial charge in [0.2, 0.25) is 0 Å². The summed E-state index contributed by atoms with van der Waals surface area (Å²) in [5.41, 5.74) is -0.636. The SMILES string of the molecule is C[C@H](/C=C/O)C/C=C/C(C)(C)OO. The number of hydrogen-bond donors (Lipinski definition) is 2. The normalized spacial score (nSPS) is 15.7. The Labute approximate surface area is 79.3 Å². The summed E-state index contributed by atoms with van der Waals surface area (Å²) < 4.78 is 0. The molecule has 13 heavy (non-hydrogen) atoms. The maximum Gasteiger partial charge on any atom is 0.116 e. The molecule has 0 aliphatic rings. The highest BCUT2D eigenvalue weighted by Crippen LogP contribution is 2.11. The molecule has 0 aromatic heterocycles. The van der Waals surface area contributed by atoms with Gasteiger partial charge in [0, 0.05) is 0 Å². The van der Waals surface area contributed by atoms with Gasteiger partial charge in [-0.05, 0) is 32.3 Å². The molecule has 0 spiro atoms. The lowest BCUT2D eigenvalue weighted by molar-refractivity contribution is -0.297. The zero-order chi connectivity index (χ0) is 10.3. The molecule has 0 aliphatic carbocycles. The van der Waals surface area contributed by atoms with Crippen molar-refractivity contribution in [2.24, 2.45) is 5.92 Å². The Balaban J connectivity index is 3.87. The van der Waals surface area contributed by atoms with Crippen molar-refractivity contribution in [2.75, 3.05) is 0 Å². The highest BCUT2D eigenvalue weighted by atomic mass is 17.1. The summed E-state index contributed by atoms with van der Waals surface area (Å²) in [5.74, 6) is 0.288. The molecule has 0 saturated heterocycles. The Kier molecular flexibility index (Phi) is 5.42. The van der Waals surface area contributed by atoms with Crippen LogP contribution in [0.3, 0.4) is 0 Å². The maximum absolute atomic E-state index is 8.47. The molecule has 76 valence electrons. The van der Waals surface area contributed by atoms with Crippen molar-refractivity contribution >= 4 is 0 Å². The molecule has 0 radical (unpaired) electrons. The molecule has 0 heterocycles. The maximum atomic E-state index is 8.47. The fraction of sp³-hybridized carbons (Fsp3) is 0.600. The summed E-state index contributed by atoms with van der Waals surface area (Å²) in [4.78, 5) is 4.23. The topological polar surface area (TPSA) is 49.7 Å². The molecule has 0 aromatic carbocycles. The Morgan fingerprint density at radius 3 is 2.54 bits per heavy atom. The van der Waals surface area contributed by atoms with Crippen LogP contribution in [0.4, 0.5) is 0 Å². The van der Waals surface area contributed by atoms with Gasteiger partial charge in [0.1, 0.15) is 5.60 Å². The highest BCUT2D eigenvalue weighted by molar-refractivity contribution is 4.98. The van der Waals surface area contributed by atoms with Crippen molar-refractivity contribution in [3.63, 3.8) is 0 Å². The first kappa shape index (κ1) is 12.2. The Bertz CT molecular complexity index is 183. The molecule has 1 atom stereocenters. The van der Waals surface area contributed by atoms with Crippen LogP contribution in [-0.2, 0) is 4.89 Å². The van der Waals surface area contributed by atoms with Gasteiger partial charge in [0.15, 0.2) is 0 Å². The minimum Gasteiger partial charge on any atom is -0.516 e. The van der Waals surface area contributed by atoms with Crippen LogP contribution in [-0.4, -0.2) is 16.0 Å². The molecule has 3 nitrogen and oxygen atoms in total. The largest absolute Gasteiger partial charge is 0.516 e. The average Bonchev–Trinajstić information content (AvgIpc) is 2.05. The second kappa shape index (κ2) is 5.78. The molecular formula is C10H18O3. The van der Waals surface area contributed by atoms with Crippen LogP contribution in [0.1, 0.15) is 27.2 Å². The van der Waals surface area contributed by atoms with Crippen molar-refractivity contribution in [3.8, 4) is 0 Å². The lowest BCUT2D eigenvalue weighted by Gasteiger charge is -2.14. The van der Waals surface area contributed by atoms with E-state index in [0.717, 1.165) is 12.7 Å². The zero-order valence-electron chi connectivity index (χ0n) is 8.40. The predicted molar refractivity (Wildman–Crippen MR) is 52.5 cm³/mol. The fourth-order valence-electron chi connectivity index (χ4n) is 0.822. The van der Waals surface area contributed by atoms with Crippen LogP contribution in [0.15, 0.2) is 24.5 Å². The van der Waals surface area contributed by atoms with Gasteiger partial charge < -0.3 is 5.11 Å². The van der Waals surface area contributed by atoms with Crippen LogP contribution in [0.25, 0.3) is 0 Å². The molecule has 0 saturated carbocycles. The third-order valence-corrected chi connectivity index (χ3v) is 1.68. The predicted octanol–water partition coefficient (Wildman–Crippen LogP) is 2.91. The first-order valence-electron chi connectivity index (χ1n) is 4.33. The summed E-state index contributed by atoms with van der Waals surface area (Å²) in [6, 6.07) is 0. The third-order valence-electron chi connectivity index (χ3n) is 1.68. The molecule has 0 aromatic rings. The van der Waals surface area contributed by atoms with Crippen molar-refractivity contribution in [1.29, 1.82) is 0 Å². The first-order chi connectivity index (χ1) is 6.02. The van der Waals surface area contributed by atoms with Gasteiger partial charge in [-0.25, -0.2) is 4.89 Å². The van der Waals surface area contributed by atoms with Gasteiger partial charge in [-0.1, -0.05) is 19.1 Å². The lowest BCUT2D eigenvalue weighted by Crippen LogP contribution is -2.18. The van der Waals surface area contributed by atoms with Crippen LogP contribution in [0, 0.1) is 5.92 Å². The van der Waals surface area contributed by atoms with E-state index in [1.54, 1.807) is 26.0 Å². The van der Waals surface area contributed by atoms with Crippen molar-refractivity contribution in [1.82, 2.24) is 0 Å².